The largest absolute Gasteiger partial charge is 0.493 e. The average molecular weight is 480 g/mol. The van der Waals surface area contributed by atoms with Gasteiger partial charge in [0.2, 0.25) is 5.95 Å². The molecule has 10 heteroatoms. The molecular weight excluding hydrogens is 449 g/mol. The van der Waals surface area contributed by atoms with Crippen LogP contribution in [0.1, 0.15) is 37.6 Å². The van der Waals surface area contributed by atoms with E-state index < -0.39 is 0 Å². The molecule has 3 aromatic heterocycles. The number of methoxy groups -OCH3 is 1. The lowest BCUT2D eigenvalue weighted by atomic mass is 10.1. The van der Waals surface area contributed by atoms with Crippen LogP contribution in [-0.2, 0) is 13.5 Å². The fourth-order valence-electron chi connectivity index (χ4n) is 3.80. The average Bonchev–Trinajstić information content (AvgIpc) is 3.23. The van der Waals surface area contributed by atoms with Crippen LogP contribution in [0.4, 0.5) is 16.2 Å². The normalized spacial score (nSPS) is 11.9. The van der Waals surface area contributed by atoms with Gasteiger partial charge in [-0.1, -0.05) is 6.07 Å². The first kappa shape index (κ1) is 24.2. The SMILES string of the molecule is CCOc1cc(CCCNc2nc(N[C@@H](C)c3ccc(F)cn3)c3c(ncn3C)n2)ccc1OC. The first-order valence-corrected chi connectivity index (χ1v) is 11.6. The van der Waals surface area contributed by atoms with Crippen molar-refractivity contribution >= 4 is 22.9 Å². The van der Waals surface area contributed by atoms with Gasteiger partial charge in [0.25, 0.3) is 0 Å². The van der Waals surface area contributed by atoms with Crippen LogP contribution < -0.4 is 20.1 Å². The molecule has 0 fully saturated rings. The Morgan fingerprint density at radius 2 is 1.97 bits per heavy atom. The molecule has 184 valence electrons. The van der Waals surface area contributed by atoms with Gasteiger partial charge in [0.05, 0.1) is 38.0 Å². The van der Waals surface area contributed by atoms with E-state index in [-0.39, 0.29) is 11.9 Å². The maximum atomic E-state index is 13.3. The second-order valence-corrected chi connectivity index (χ2v) is 8.14. The summed E-state index contributed by atoms with van der Waals surface area (Å²) in [5.41, 5.74) is 3.25. The number of imidazole rings is 1. The molecule has 0 saturated carbocycles. The summed E-state index contributed by atoms with van der Waals surface area (Å²) in [5.74, 6) is 2.24. The number of ether oxygens (including phenoxy) is 2. The maximum absolute atomic E-state index is 13.3. The highest BCUT2D eigenvalue weighted by atomic mass is 19.1. The molecule has 0 spiro atoms. The number of fused-ring (bicyclic) bond motifs is 1. The second-order valence-electron chi connectivity index (χ2n) is 8.14. The zero-order chi connectivity index (χ0) is 24.8. The summed E-state index contributed by atoms with van der Waals surface area (Å²) in [6.07, 6.45) is 4.65. The summed E-state index contributed by atoms with van der Waals surface area (Å²) in [6.45, 7) is 5.17. The van der Waals surface area contributed by atoms with E-state index in [9.17, 15) is 4.39 Å². The zero-order valence-corrected chi connectivity index (χ0v) is 20.4. The fraction of sp³-hybridized carbons (Fsp3) is 0.360. The van der Waals surface area contributed by atoms with E-state index in [2.05, 4.69) is 25.6 Å². The highest BCUT2D eigenvalue weighted by molar-refractivity contribution is 5.84. The minimum Gasteiger partial charge on any atom is -0.493 e. The van der Waals surface area contributed by atoms with Crippen LogP contribution in [0.15, 0.2) is 42.9 Å². The molecule has 35 heavy (non-hydrogen) atoms. The Kier molecular flexibility index (Phi) is 7.59. The molecule has 0 aliphatic heterocycles. The van der Waals surface area contributed by atoms with Crippen LogP contribution in [-0.4, -0.2) is 44.8 Å². The van der Waals surface area contributed by atoms with Crippen molar-refractivity contribution in [2.24, 2.45) is 7.05 Å². The van der Waals surface area contributed by atoms with Crippen LogP contribution in [0.5, 0.6) is 11.5 Å². The first-order chi connectivity index (χ1) is 17.0. The summed E-state index contributed by atoms with van der Waals surface area (Å²) in [4.78, 5) is 17.8. The smallest absolute Gasteiger partial charge is 0.226 e. The van der Waals surface area contributed by atoms with Gasteiger partial charge >= 0.3 is 0 Å². The summed E-state index contributed by atoms with van der Waals surface area (Å²) in [7, 11) is 3.53. The molecule has 0 unspecified atom stereocenters. The number of nitrogens with zero attached hydrogens (tertiary/aromatic N) is 5. The van der Waals surface area contributed by atoms with Crippen molar-refractivity contribution in [2.75, 3.05) is 30.9 Å². The number of halogens is 1. The number of nitrogens with one attached hydrogen (secondary N) is 2. The molecule has 0 aliphatic carbocycles. The number of rotatable bonds is 11. The summed E-state index contributed by atoms with van der Waals surface area (Å²) < 4.78 is 26.2. The number of hydrogen-bond donors (Lipinski definition) is 2. The molecule has 1 aromatic carbocycles. The van der Waals surface area contributed by atoms with Crippen LogP contribution in [0.2, 0.25) is 0 Å². The summed E-state index contributed by atoms with van der Waals surface area (Å²) >= 11 is 0. The Hall–Kier alpha value is -3.95. The van der Waals surface area contributed by atoms with E-state index in [0.717, 1.165) is 29.9 Å². The van der Waals surface area contributed by atoms with E-state index in [4.69, 9.17) is 14.5 Å². The van der Waals surface area contributed by atoms with E-state index in [1.54, 1.807) is 19.5 Å². The van der Waals surface area contributed by atoms with Crippen molar-refractivity contribution in [3.8, 4) is 11.5 Å². The third-order valence-corrected chi connectivity index (χ3v) is 5.57. The molecule has 3 heterocycles. The molecule has 9 nitrogen and oxygen atoms in total. The van der Waals surface area contributed by atoms with E-state index >= 15 is 0 Å². The van der Waals surface area contributed by atoms with Gasteiger partial charge in [0, 0.05) is 13.6 Å². The summed E-state index contributed by atoms with van der Waals surface area (Å²) in [6, 6.07) is 8.86. The molecule has 2 N–H and O–H groups in total. The van der Waals surface area contributed by atoms with Crippen LogP contribution >= 0.6 is 0 Å². The van der Waals surface area contributed by atoms with Crippen molar-refractivity contribution in [3.63, 3.8) is 0 Å². The number of aryl methyl sites for hydroxylation is 2. The molecule has 0 amide bonds. The number of benzene rings is 1. The van der Waals surface area contributed by atoms with Crippen LogP contribution in [0.25, 0.3) is 11.2 Å². The first-order valence-electron chi connectivity index (χ1n) is 11.6. The Bertz CT molecular complexity index is 1280. The van der Waals surface area contributed by atoms with E-state index in [1.165, 1.54) is 17.8 Å². The predicted molar refractivity (Wildman–Crippen MR) is 134 cm³/mol. The monoisotopic (exact) mass is 479 g/mol. The molecule has 0 bridgehead atoms. The molecule has 4 aromatic rings. The lowest BCUT2D eigenvalue weighted by Crippen LogP contribution is -2.13. The van der Waals surface area contributed by atoms with Crippen molar-refractivity contribution in [1.82, 2.24) is 24.5 Å². The van der Waals surface area contributed by atoms with Crippen molar-refractivity contribution < 1.29 is 13.9 Å². The predicted octanol–water partition coefficient (Wildman–Crippen LogP) is 4.52. The number of aromatic nitrogens is 5. The van der Waals surface area contributed by atoms with Crippen LogP contribution in [0.3, 0.4) is 0 Å². The van der Waals surface area contributed by atoms with E-state index in [1.807, 2.05) is 43.7 Å². The molecule has 0 saturated heterocycles. The molecule has 1 atom stereocenters. The Morgan fingerprint density at radius 1 is 1.11 bits per heavy atom. The van der Waals surface area contributed by atoms with Gasteiger partial charge < -0.3 is 24.7 Å². The summed E-state index contributed by atoms with van der Waals surface area (Å²) in [5, 5.41) is 6.68. The topological polar surface area (TPSA) is 99.0 Å². The standard InChI is InChI=1S/C25H30FN7O2/c1-5-35-21-13-17(8-11-20(21)34-4)7-6-12-27-25-31-23-22(33(3)15-29-23)24(32-25)30-16(2)19-10-9-18(26)14-28-19/h8-11,13-16H,5-7,12H2,1-4H3,(H2,27,30,31,32)/t16-/m0/s1. The fourth-order valence-corrected chi connectivity index (χ4v) is 3.80. The minimum absolute atomic E-state index is 0.189. The Morgan fingerprint density at radius 3 is 2.71 bits per heavy atom. The van der Waals surface area contributed by atoms with Gasteiger partial charge in [-0.2, -0.15) is 9.97 Å². The molecule has 0 radical (unpaired) electrons. The second kappa shape index (κ2) is 11.0. The Balaban J connectivity index is 1.43. The quantitative estimate of drug-likeness (QED) is 0.303. The van der Waals surface area contributed by atoms with Crippen LogP contribution in [0, 0.1) is 5.82 Å². The van der Waals surface area contributed by atoms with Gasteiger partial charge in [-0.3, -0.25) is 4.98 Å². The van der Waals surface area contributed by atoms with Crippen molar-refractivity contribution in [3.05, 3.63) is 59.9 Å². The third kappa shape index (κ3) is 5.76. The molecular formula is C25H30FN7O2. The van der Waals surface area contributed by atoms with Crippen molar-refractivity contribution in [1.29, 1.82) is 0 Å². The van der Waals surface area contributed by atoms with Gasteiger partial charge in [-0.15, -0.1) is 0 Å². The third-order valence-electron chi connectivity index (χ3n) is 5.57. The van der Waals surface area contributed by atoms with Gasteiger partial charge in [0.1, 0.15) is 11.3 Å². The lowest BCUT2D eigenvalue weighted by Gasteiger charge is -2.16. The lowest BCUT2D eigenvalue weighted by molar-refractivity contribution is 0.310. The number of anilines is 2. The van der Waals surface area contributed by atoms with Gasteiger partial charge in [-0.25, -0.2) is 9.37 Å². The number of hydrogen-bond acceptors (Lipinski definition) is 8. The Labute approximate surface area is 203 Å². The minimum atomic E-state index is -0.368. The molecule has 0 aliphatic rings. The van der Waals surface area contributed by atoms with Gasteiger partial charge in [-0.05, 0) is 56.5 Å². The zero-order valence-electron chi connectivity index (χ0n) is 20.4. The number of pyridine rings is 1. The van der Waals surface area contributed by atoms with Crippen molar-refractivity contribution in [2.45, 2.75) is 32.7 Å². The highest BCUT2D eigenvalue weighted by Crippen LogP contribution is 2.29. The molecule has 4 rings (SSSR count). The van der Waals surface area contributed by atoms with Gasteiger partial charge in [0.15, 0.2) is 23.0 Å². The maximum Gasteiger partial charge on any atom is 0.226 e. The highest BCUT2D eigenvalue weighted by Gasteiger charge is 2.16. The van der Waals surface area contributed by atoms with E-state index in [0.29, 0.717) is 36.3 Å².